The summed E-state index contributed by atoms with van der Waals surface area (Å²) in [6, 6.07) is 39.0. The van der Waals surface area contributed by atoms with E-state index < -0.39 is 0 Å². The molecule has 0 bridgehead atoms. The molecule has 0 radical (unpaired) electrons. The zero-order valence-electron chi connectivity index (χ0n) is 20.8. The molecule has 0 unspecified atom stereocenters. The van der Waals surface area contributed by atoms with E-state index in [9.17, 15) is 0 Å². The average molecular weight is 485 g/mol. The summed E-state index contributed by atoms with van der Waals surface area (Å²) in [6.07, 6.45) is 0. The van der Waals surface area contributed by atoms with Crippen LogP contribution in [0.3, 0.4) is 0 Å². The molecule has 178 valence electrons. The van der Waals surface area contributed by atoms with E-state index in [0.717, 1.165) is 32.9 Å². The van der Waals surface area contributed by atoms with Crippen molar-refractivity contribution >= 4 is 67.0 Å². The lowest BCUT2D eigenvalue weighted by molar-refractivity contribution is 1.31. The Hall–Kier alpha value is -5.08. The topological polar surface area (TPSA) is 31.6 Å². The van der Waals surface area contributed by atoms with Crippen molar-refractivity contribution in [3.8, 4) is 22.5 Å². The summed E-state index contributed by atoms with van der Waals surface area (Å²) in [4.78, 5) is 7.42. The standard InChI is InChI=1S/C36H24N2/c1-21-31-32(36(37-21)34-29-17-9-5-13-25(29)20-26-14-6-10-18-30(26)34)22(2)38-35(31)33-27-15-7-3-11-23(27)19-24-12-4-8-16-28(24)33/h3-20,37-38H,1-2H2. The van der Waals surface area contributed by atoms with Gasteiger partial charge in [0.25, 0.3) is 0 Å². The second kappa shape index (κ2) is 7.71. The first kappa shape index (κ1) is 21.0. The van der Waals surface area contributed by atoms with E-state index in [0.29, 0.717) is 0 Å². The molecule has 0 amide bonds. The Morgan fingerprint density at radius 3 is 1.00 bits per heavy atom. The van der Waals surface area contributed by atoms with Crippen LogP contribution in [0.1, 0.15) is 0 Å². The predicted octanol–water partition coefficient (Wildman–Crippen LogP) is 8.26. The largest absolute Gasteiger partial charge is 0.354 e. The van der Waals surface area contributed by atoms with E-state index in [1.165, 1.54) is 54.2 Å². The fourth-order valence-corrected chi connectivity index (χ4v) is 6.35. The Bertz CT molecular complexity index is 2060. The molecule has 2 N–H and O–H groups in total. The lowest BCUT2D eigenvalue weighted by atomic mass is 9.92. The first-order valence-corrected chi connectivity index (χ1v) is 12.9. The van der Waals surface area contributed by atoms with E-state index in [1.807, 2.05) is 0 Å². The molecule has 8 rings (SSSR count). The fraction of sp³-hybridized carbons (Fsp3) is 0. The molecule has 0 aliphatic heterocycles. The smallest absolute Gasteiger partial charge is 0.0572 e. The molecule has 2 nitrogen and oxygen atoms in total. The number of hydrogen-bond acceptors (Lipinski definition) is 0. The number of hydrogen-bond donors (Lipinski definition) is 2. The second-order valence-corrected chi connectivity index (χ2v) is 10.1. The van der Waals surface area contributed by atoms with Gasteiger partial charge in [-0.25, -0.2) is 0 Å². The van der Waals surface area contributed by atoms with Crippen molar-refractivity contribution < 1.29 is 0 Å². The summed E-state index contributed by atoms with van der Waals surface area (Å²) < 4.78 is 0. The Balaban J connectivity index is 1.55. The van der Waals surface area contributed by atoms with Crippen molar-refractivity contribution in [1.82, 2.24) is 9.97 Å². The average Bonchev–Trinajstić information content (AvgIpc) is 3.47. The van der Waals surface area contributed by atoms with E-state index in [-0.39, 0.29) is 0 Å². The summed E-state index contributed by atoms with van der Waals surface area (Å²) in [5.74, 6) is 0. The van der Waals surface area contributed by atoms with E-state index in [2.05, 4.69) is 132 Å². The van der Waals surface area contributed by atoms with Crippen molar-refractivity contribution in [2.24, 2.45) is 0 Å². The van der Waals surface area contributed by atoms with Crippen LogP contribution in [0, 0.1) is 0 Å². The van der Waals surface area contributed by atoms with Crippen LogP contribution in [0.2, 0.25) is 0 Å². The maximum atomic E-state index is 4.51. The summed E-state index contributed by atoms with van der Waals surface area (Å²) in [5.41, 5.74) is 4.51. The molecule has 0 spiro atoms. The Morgan fingerprint density at radius 1 is 0.395 bits per heavy atom. The van der Waals surface area contributed by atoms with Crippen molar-refractivity contribution in [2.75, 3.05) is 0 Å². The molecule has 0 atom stereocenters. The van der Waals surface area contributed by atoms with Gasteiger partial charge in [0.15, 0.2) is 0 Å². The zero-order chi connectivity index (χ0) is 25.4. The van der Waals surface area contributed by atoms with Crippen LogP contribution < -0.4 is 10.7 Å². The van der Waals surface area contributed by atoms with Crippen molar-refractivity contribution in [2.45, 2.75) is 0 Å². The SMILES string of the molecule is C=c1[nH]c(-c2c3ccccc3cc3ccccc23)c2c(=C)[nH]c(-c3c4ccccc4cc4ccccc34)c12. The fourth-order valence-electron chi connectivity index (χ4n) is 6.35. The van der Waals surface area contributed by atoms with Gasteiger partial charge in [-0.2, -0.15) is 0 Å². The van der Waals surface area contributed by atoms with Gasteiger partial charge in [-0.3, -0.25) is 0 Å². The lowest BCUT2D eigenvalue weighted by Crippen LogP contribution is -2.02. The highest BCUT2D eigenvalue weighted by Crippen LogP contribution is 2.41. The third-order valence-corrected chi connectivity index (χ3v) is 7.95. The molecule has 2 aromatic heterocycles. The van der Waals surface area contributed by atoms with Crippen molar-refractivity contribution in [3.63, 3.8) is 0 Å². The van der Waals surface area contributed by atoms with Gasteiger partial charge < -0.3 is 9.97 Å². The Morgan fingerprint density at radius 2 is 0.684 bits per heavy atom. The molecule has 0 aliphatic carbocycles. The predicted molar refractivity (Wildman–Crippen MR) is 164 cm³/mol. The van der Waals surface area contributed by atoms with Crippen molar-refractivity contribution in [1.29, 1.82) is 0 Å². The minimum absolute atomic E-state index is 0.894. The van der Waals surface area contributed by atoms with E-state index in [4.69, 9.17) is 0 Å². The molecule has 0 aliphatic rings. The zero-order valence-corrected chi connectivity index (χ0v) is 20.8. The van der Waals surface area contributed by atoms with Gasteiger partial charge >= 0.3 is 0 Å². The molecule has 0 saturated carbocycles. The van der Waals surface area contributed by atoms with Gasteiger partial charge in [0, 0.05) is 32.6 Å². The molecule has 0 saturated heterocycles. The number of benzene rings is 6. The minimum atomic E-state index is 0.894. The van der Waals surface area contributed by atoms with E-state index >= 15 is 0 Å². The number of rotatable bonds is 2. The van der Waals surface area contributed by atoms with E-state index in [1.54, 1.807) is 0 Å². The second-order valence-electron chi connectivity index (χ2n) is 10.1. The minimum Gasteiger partial charge on any atom is -0.354 e. The van der Waals surface area contributed by atoms with Gasteiger partial charge in [-0.1, -0.05) is 110 Å². The van der Waals surface area contributed by atoms with Gasteiger partial charge in [-0.05, 0) is 55.2 Å². The molecule has 8 aromatic rings. The molecular formula is C36H24N2. The maximum absolute atomic E-state index is 4.51. The van der Waals surface area contributed by atoms with Crippen LogP contribution >= 0.6 is 0 Å². The number of H-pyrrole nitrogens is 2. The molecule has 6 aromatic carbocycles. The normalized spacial score (nSPS) is 11.9. The number of nitrogens with one attached hydrogen (secondary N) is 2. The third-order valence-electron chi connectivity index (χ3n) is 7.95. The summed E-state index contributed by atoms with van der Waals surface area (Å²) >= 11 is 0. The highest BCUT2D eigenvalue weighted by atomic mass is 14.8. The van der Waals surface area contributed by atoms with Crippen LogP contribution in [0.15, 0.2) is 109 Å². The lowest BCUT2D eigenvalue weighted by Gasteiger charge is -2.11. The quantitative estimate of drug-likeness (QED) is 0.232. The number of fused-ring (bicyclic) bond motifs is 5. The summed E-state index contributed by atoms with van der Waals surface area (Å²) in [7, 11) is 0. The summed E-state index contributed by atoms with van der Waals surface area (Å²) in [5, 5.41) is 13.7. The van der Waals surface area contributed by atoms with Gasteiger partial charge in [-0.15, -0.1) is 0 Å². The molecule has 0 fully saturated rings. The van der Waals surface area contributed by atoms with Crippen LogP contribution in [-0.4, -0.2) is 9.97 Å². The number of aromatic nitrogens is 2. The maximum Gasteiger partial charge on any atom is 0.0572 e. The molecule has 38 heavy (non-hydrogen) atoms. The monoisotopic (exact) mass is 484 g/mol. The van der Waals surface area contributed by atoms with Gasteiger partial charge in [0.05, 0.1) is 11.4 Å². The Kier molecular flexibility index (Phi) is 4.27. The first-order chi connectivity index (χ1) is 18.7. The molecule has 2 heterocycles. The third kappa shape index (κ3) is 2.83. The number of aromatic amines is 2. The van der Waals surface area contributed by atoms with Gasteiger partial charge in [0.2, 0.25) is 0 Å². The highest BCUT2D eigenvalue weighted by molar-refractivity contribution is 6.20. The molecule has 2 heteroatoms. The van der Waals surface area contributed by atoms with Crippen LogP contribution in [0.25, 0.3) is 89.5 Å². The first-order valence-electron chi connectivity index (χ1n) is 12.9. The van der Waals surface area contributed by atoms with Gasteiger partial charge in [0.1, 0.15) is 0 Å². The van der Waals surface area contributed by atoms with Crippen LogP contribution in [-0.2, 0) is 0 Å². The summed E-state index contributed by atoms with van der Waals surface area (Å²) in [6.45, 7) is 9.02. The van der Waals surface area contributed by atoms with Crippen LogP contribution in [0.5, 0.6) is 0 Å². The van der Waals surface area contributed by atoms with Crippen LogP contribution in [0.4, 0.5) is 0 Å². The molecular weight excluding hydrogens is 460 g/mol. The van der Waals surface area contributed by atoms with Crippen molar-refractivity contribution in [3.05, 3.63) is 120 Å². The highest BCUT2D eigenvalue weighted by Gasteiger charge is 2.21. The Labute approximate surface area is 219 Å².